The summed E-state index contributed by atoms with van der Waals surface area (Å²) in [6.45, 7) is 4.06. The molecule has 0 amide bonds. The van der Waals surface area contributed by atoms with E-state index in [0.717, 1.165) is 96.3 Å². The SMILES string of the molecule is CC/C=C\C/C=C\C/C=C\C/C=C\C/C=C\C/C=C\CCCCCCC(=O)OC(COC(=O)CCCCCCC/C=C\CCCCCCCCC)COP(=O)([O-])OCC[N+](C)(C)C. The van der Waals surface area contributed by atoms with E-state index in [1.807, 2.05) is 21.1 Å². The van der Waals surface area contributed by atoms with Gasteiger partial charge in [0.15, 0.2) is 6.10 Å². The second-order valence-electron chi connectivity index (χ2n) is 17.4. The highest BCUT2D eigenvalue weighted by Crippen LogP contribution is 2.38. The average molecular weight is 902 g/mol. The van der Waals surface area contributed by atoms with Crippen LogP contribution in [0.25, 0.3) is 0 Å². The Hall–Kier alpha value is -2.81. The summed E-state index contributed by atoms with van der Waals surface area (Å²) >= 11 is 0. The molecule has 0 saturated heterocycles. The molecule has 9 nitrogen and oxygen atoms in total. The molecular formula is C53H92NO8P. The number of esters is 2. The third-order valence-corrected chi connectivity index (χ3v) is 11.1. The van der Waals surface area contributed by atoms with Crippen LogP contribution in [0.15, 0.2) is 85.1 Å². The Balaban J connectivity index is 4.37. The van der Waals surface area contributed by atoms with Crippen LogP contribution in [0.4, 0.5) is 0 Å². The van der Waals surface area contributed by atoms with E-state index in [0.29, 0.717) is 23.9 Å². The number of hydrogen-bond donors (Lipinski definition) is 0. The van der Waals surface area contributed by atoms with Crippen LogP contribution in [0.3, 0.4) is 0 Å². The van der Waals surface area contributed by atoms with Crippen LogP contribution < -0.4 is 4.89 Å². The lowest BCUT2D eigenvalue weighted by atomic mass is 10.1. The highest BCUT2D eigenvalue weighted by atomic mass is 31.2. The zero-order valence-corrected chi connectivity index (χ0v) is 41.6. The molecule has 0 aromatic carbocycles. The van der Waals surface area contributed by atoms with Crippen molar-refractivity contribution >= 4 is 19.8 Å². The van der Waals surface area contributed by atoms with E-state index < -0.39 is 32.5 Å². The van der Waals surface area contributed by atoms with E-state index in [1.165, 1.54) is 51.4 Å². The Morgan fingerprint density at radius 3 is 1.37 bits per heavy atom. The highest BCUT2D eigenvalue weighted by Gasteiger charge is 2.21. The second kappa shape index (κ2) is 44.4. The minimum Gasteiger partial charge on any atom is -0.756 e. The summed E-state index contributed by atoms with van der Waals surface area (Å²) in [6, 6.07) is 0. The van der Waals surface area contributed by atoms with E-state index in [-0.39, 0.29) is 26.1 Å². The molecule has 0 radical (unpaired) electrons. The molecule has 0 N–H and O–H groups in total. The molecule has 0 aliphatic heterocycles. The number of phosphoric acid groups is 1. The van der Waals surface area contributed by atoms with Gasteiger partial charge in [-0.25, -0.2) is 0 Å². The van der Waals surface area contributed by atoms with Gasteiger partial charge in [-0.3, -0.25) is 14.2 Å². The Labute approximate surface area is 386 Å². The number of allylic oxidation sites excluding steroid dienone is 14. The lowest BCUT2D eigenvalue weighted by molar-refractivity contribution is -0.870. The Morgan fingerprint density at radius 2 is 0.905 bits per heavy atom. The third-order valence-electron chi connectivity index (χ3n) is 10.1. The van der Waals surface area contributed by atoms with E-state index >= 15 is 0 Å². The van der Waals surface area contributed by atoms with Gasteiger partial charge in [0.05, 0.1) is 27.7 Å². The van der Waals surface area contributed by atoms with Crippen molar-refractivity contribution in [3.05, 3.63) is 85.1 Å². The predicted molar refractivity (Wildman–Crippen MR) is 263 cm³/mol. The molecule has 0 aromatic rings. The van der Waals surface area contributed by atoms with Crippen LogP contribution in [0.1, 0.15) is 187 Å². The van der Waals surface area contributed by atoms with Gasteiger partial charge in [-0.15, -0.1) is 0 Å². The van der Waals surface area contributed by atoms with Gasteiger partial charge in [0.25, 0.3) is 7.82 Å². The van der Waals surface area contributed by atoms with Gasteiger partial charge in [0.2, 0.25) is 0 Å². The summed E-state index contributed by atoms with van der Waals surface area (Å²) in [6.07, 6.45) is 57.5. The minimum atomic E-state index is -4.64. The summed E-state index contributed by atoms with van der Waals surface area (Å²) in [5, 5.41) is 0. The van der Waals surface area contributed by atoms with Gasteiger partial charge in [-0.05, 0) is 89.9 Å². The number of ether oxygens (including phenoxy) is 2. The Kier molecular flexibility index (Phi) is 42.4. The molecule has 0 aliphatic carbocycles. The zero-order chi connectivity index (χ0) is 46.4. The summed E-state index contributed by atoms with van der Waals surface area (Å²) in [4.78, 5) is 37.7. The Bertz CT molecular complexity index is 1340. The molecule has 2 atom stereocenters. The van der Waals surface area contributed by atoms with Gasteiger partial charge in [-0.2, -0.15) is 0 Å². The van der Waals surface area contributed by atoms with Crippen molar-refractivity contribution in [1.82, 2.24) is 0 Å². The normalized spacial score (nSPS) is 14.2. The fourth-order valence-corrected chi connectivity index (χ4v) is 7.03. The zero-order valence-electron chi connectivity index (χ0n) is 40.7. The molecule has 0 aliphatic rings. The van der Waals surface area contributed by atoms with E-state index in [4.69, 9.17) is 18.5 Å². The van der Waals surface area contributed by atoms with Crippen LogP contribution in [-0.4, -0.2) is 70.0 Å². The van der Waals surface area contributed by atoms with Crippen molar-refractivity contribution in [2.24, 2.45) is 0 Å². The average Bonchev–Trinajstić information content (AvgIpc) is 3.24. The maximum atomic E-state index is 12.7. The number of hydrogen-bond acceptors (Lipinski definition) is 8. The van der Waals surface area contributed by atoms with Crippen LogP contribution >= 0.6 is 7.82 Å². The number of unbranched alkanes of at least 4 members (excludes halogenated alkanes) is 16. The number of likely N-dealkylation sites (N-methyl/N-ethyl adjacent to an activating group) is 1. The molecule has 2 unspecified atom stereocenters. The molecule has 0 bridgehead atoms. The number of nitrogens with zero attached hydrogens (tertiary/aromatic N) is 1. The Morgan fingerprint density at radius 1 is 0.508 bits per heavy atom. The first-order valence-electron chi connectivity index (χ1n) is 24.8. The molecule has 0 fully saturated rings. The lowest BCUT2D eigenvalue weighted by Gasteiger charge is -2.28. The van der Waals surface area contributed by atoms with Crippen LogP contribution in [0.2, 0.25) is 0 Å². The van der Waals surface area contributed by atoms with Gasteiger partial charge < -0.3 is 27.9 Å². The summed E-state index contributed by atoms with van der Waals surface area (Å²) in [5.41, 5.74) is 0. The van der Waals surface area contributed by atoms with Crippen molar-refractivity contribution < 1.29 is 42.1 Å². The fourth-order valence-electron chi connectivity index (χ4n) is 6.30. The quantitative estimate of drug-likeness (QED) is 0.0195. The van der Waals surface area contributed by atoms with Gasteiger partial charge in [-0.1, -0.05) is 170 Å². The topological polar surface area (TPSA) is 111 Å². The first-order valence-corrected chi connectivity index (χ1v) is 26.3. The predicted octanol–water partition coefficient (Wildman–Crippen LogP) is 14.1. The molecule has 362 valence electrons. The monoisotopic (exact) mass is 902 g/mol. The highest BCUT2D eigenvalue weighted by molar-refractivity contribution is 7.45. The molecule has 0 aromatic heterocycles. The van der Waals surface area contributed by atoms with Crippen molar-refractivity contribution in [1.29, 1.82) is 0 Å². The maximum absolute atomic E-state index is 12.7. The number of phosphoric ester groups is 1. The molecule has 10 heteroatoms. The van der Waals surface area contributed by atoms with E-state index in [1.54, 1.807) is 0 Å². The number of carbonyl (C=O) groups is 2. The molecule has 0 heterocycles. The van der Waals surface area contributed by atoms with Crippen molar-refractivity contribution in [3.8, 4) is 0 Å². The standard InChI is InChI=1S/C53H92NO8P/c1-6-8-10-12-14-16-18-20-22-24-25-26-27-28-29-30-32-34-36-38-40-42-44-46-53(56)62-51(50-61-63(57,58)60-48-47-54(3,4)5)49-59-52(55)45-43-41-39-37-35-33-31-23-21-19-17-15-13-11-9-7-2/h8,10,14,16,20,22-23,25-26,28-29,31-32,34,51H,6-7,9,11-13,15,17-19,21,24,27,30,33,35-50H2,1-5H3/b10-8-,16-14-,22-20-,26-25-,29-28-,31-23-,34-32-. The minimum absolute atomic E-state index is 0.0418. The molecule has 0 spiro atoms. The van der Waals surface area contributed by atoms with Crippen LogP contribution in [0, 0.1) is 0 Å². The number of carbonyl (C=O) groups excluding carboxylic acids is 2. The molecule has 0 rings (SSSR count). The van der Waals surface area contributed by atoms with Crippen LogP contribution in [-0.2, 0) is 32.7 Å². The summed E-state index contributed by atoms with van der Waals surface area (Å²) in [7, 11) is 1.13. The smallest absolute Gasteiger partial charge is 0.306 e. The van der Waals surface area contributed by atoms with E-state index in [9.17, 15) is 19.0 Å². The van der Waals surface area contributed by atoms with Crippen molar-refractivity contribution in [3.63, 3.8) is 0 Å². The molecule has 63 heavy (non-hydrogen) atoms. The van der Waals surface area contributed by atoms with Crippen LogP contribution in [0.5, 0.6) is 0 Å². The second-order valence-corrected chi connectivity index (χ2v) is 18.9. The molecular weight excluding hydrogens is 810 g/mol. The van der Waals surface area contributed by atoms with Gasteiger partial charge in [0, 0.05) is 12.8 Å². The number of quaternary nitrogens is 1. The first kappa shape index (κ1) is 60.2. The number of rotatable bonds is 44. The summed E-state index contributed by atoms with van der Waals surface area (Å²) < 4.78 is 34.0. The fraction of sp³-hybridized carbons (Fsp3) is 0.698. The van der Waals surface area contributed by atoms with Crippen molar-refractivity contribution in [2.75, 3.05) is 47.5 Å². The lowest BCUT2D eigenvalue weighted by Crippen LogP contribution is -2.37. The molecule has 0 saturated carbocycles. The van der Waals surface area contributed by atoms with Crippen molar-refractivity contribution in [2.45, 2.75) is 193 Å². The van der Waals surface area contributed by atoms with Gasteiger partial charge >= 0.3 is 11.9 Å². The first-order chi connectivity index (χ1) is 30.5. The largest absolute Gasteiger partial charge is 0.756 e. The summed E-state index contributed by atoms with van der Waals surface area (Å²) in [5.74, 6) is -0.878. The maximum Gasteiger partial charge on any atom is 0.306 e. The van der Waals surface area contributed by atoms with E-state index in [2.05, 4.69) is 98.9 Å². The third kappa shape index (κ3) is 48.5. The van der Waals surface area contributed by atoms with Gasteiger partial charge in [0.1, 0.15) is 19.8 Å².